The quantitative estimate of drug-likeness (QED) is 0.217. The molecule has 12 heteroatoms. The van der Waals surface area contributed by atoms with E-state index in [1.807, 2.05) is 36.4 Å². The zero-order valence-electron chi connectivity index (χ0n) is 19.5. The van der Waals surface area contributed by atoms with Crippen LogP contribution in [0.1, 0.15) is 11.1 Å². The molecule has 0 aliphatic rings. The van der Waals surface area contributed by atoms with Gasteiger partial charge < -0.3 is 5.32 Å². The SMILES string of the molecule is O=S(=O)(NCc1ccc(CNc2cc(-c3ccccc3Cl)nc3c(Br)cnn23)cc1)c1c(F)cccc1F. The normalized spacial score (nSPS) is 11.7. The van der Waals surface area contributed by atoms with Crippen molar-refractivity contribution in [1.29, 1.82) is 0 Å². The molecule has 0 fully saturated rings. The lowest BCUT2D eigenvalue weighted by atomic mass is 10.1. The maximum Gasteiger partial charge on any atom is 0.246 e. The molecule has 0 radical (unpaired) electrons. The number of hydrogen-bond donors (Lipinski definition) is 2. The number of fused-ring (bicyclic) bond motifs is 1. The minimum Gasteiger partial charge on any atom is -0.366 e. The van der Waals surface area contributed by atoms with E-state index in [2.05, 4.69) is 31.1 Å². The van der Waals surface area contributed by atoms with Gasteiger partial charge in [-0.3, -0.25) is 0 Å². The predicted octanol–water partition coefficient (Wildman–Crippen LogP) is 6.18. The molecule has 0 spiro atoms. The molecule has 0 aliphatic heterocycles. The van der Waals surface area contributed by atoms with Gasteiger partial charge in [0.2, 0.25) is 10.0 Å². The van der Waals surface area contributed by atoms with Crippen molar-refractivity contribution in [3.8, 4) is 11.3 Å². The van der Waals surface area contributed by atoms with E-state index >= 15 is 0 Å². The molecule has 0 aliphatic carbocycles. The van der Waals surface area contributed by atoms with Gasteiger partial charge >= 0.3 is 0 Å². The van der Waals surface area contributed by atoms with Gasteiger partial charge in [-0.2, -0.15) is 9.61 Å². The van der Waals surface area contributed by atoms with E-state index in [-0.39, 0.29) is 6.54 Å². The van der Waals surface area contributed by atoms with Crippen molar-refractivity contribution in [3.05, 3.63) is 111 Å². The van der Waals surface area contributed by atoms with Gasteiger partial charge in [0.05, 0.1) is 16.4 Å². The van der Waals surface area contributed by atoms with Gasteiger partial charge in [-0.15, -0.1) is 0 Å². The highest BCUT2D eigenvalue weighted by Crippen LogP contribution is 2.30. The van der Waals surface area contributed by atoms with Crippen molar-refractivity contribution < 1.29 is 17.2 Å². The highest BCUT2D eigenvalue weighted by molar-refractivity contribution is 9.10. The van der Waals surface area contributed by atoms with E-state index in [4.69, 9.17) is 16.6 Å². The average Bonchev–Trinajstić information content (AvgIpc) is 3.27. The summed E-state index contributed by atoms with van der Waals surface area (Å²) in [6.45, 7) is 0.308. The third-order valence-corrected chi connectivity index (χ3v) is 8.07. The highest BCUT2D eigenvalue weighted by Gasteiger charge is 2.23. The second kappa shape index (κ2) is 10.8. The van der Waals surface area contributed by atoms with Crippen molar-refractivity contribution in [2.75, 3.05) is 5.32 Å². The largest absolute Gasteiger partial charge is 0.366 e. The predicted molar refractivity (Wildman–Crippen MR) is 145 cm³/mol. The van der Waals surface area contributed by atoms with Gasteiger partial charge in [0.1, 0.15) is 17.5 Å². The first-order valence-electron chi connectivity index (χ1n) is 11.3. The number of sulfonamides is 1. The monoisotopic (exact) mass is 617 g/mol. The third kappa shape index (κ3) is 5.41. The Hall–Kier alpha value is -3.38. The van der Waals surface area contributed by atoms with E-state index < -0.39 is 26.6 Å². The summed E-state index contributed by atoms with van der Waals surface area (Å²) >= 11 is 9.88. The Morgan fingerprint density at radius 2 is 1.58 bits per heavy atom. The first-order valence-corrected chi connectivity index (χ1v) is 13.9. The molecule has 0 atom stereocenters. The molecule has 0 unspecified atom stereocenters. The second-order valence-electron chi connectivity index (χ2n) is 8.28. The van der Waals surface area contributed by atoms with Crippen LogP contribution in [0.25, 0.3) is 16.9 Å². The molecule has 5 aromatic rings. The van der Waals surface area contributed by atoms with Crippen LogP contribution in [0, 0.1) is 11.6 Å². The lowest BCUT2D eigenvalue weighted by molar-refractivity contribution is 0.514. The van der Waals surface area contributed by atoms with Crippen molar-refractivity contribution in [3.63, 3.8) is 0 Å². The summed E-state index contributed by atoms with van der Waals surface area (Å²) < 4.78 is 57.3. The molecule has 194 valence electrons. The van der Waals surface area contributed by atoms with E-state index in [9.17, 15) is 17.2 Å². The van der Waals surface area contributed by atoms with E-state index in [1.165, 1.54) is 0 Å². The summed E-state index contributed by atoms with van der Waals surface area (Å²) in [5.41, 5.74) is 3.62. The first-order chi connectivity index (χ1) is 18.2. The minimum atomic E-state index is -4.37. The summed E-state index contributed by atoms with van der Waals surface area (Å²) in [5.74, 6) is -1.60. The zero-order valence-corrected chi connectivity index (χ0v) is 22.7. The molecule has 3 aromatic carbocycles. The number of hydrogen-bond acceptors (Lipinski definition) is 5. The van der Waals surface area contributed by atoms with Gasteiger partial charge in [0, 0.05) is 29.7 Å². The molecule has 0 bridgehead atoms. The number of rotatable bonds is 8. The van der Waals surface area contributed by atoms with Gasteiger partial charge in [0.25, 0.3) is 0 Å². The number of anilines is 1. The van der Waals surface area contributed by atoms with Crippen molar-refractivity contribution in [1.82, 2.24) is 19.3 Å². The fraction of sp³-hybridized carbons (Fsp3) is 0.0769. The number of aromatic nitrogens is 3. The molecule has 0 saturated carbocycles. The summed E-state index contributed by atoms with van der Waals surface area (Å²) in [7, 11) is -4.37. The smallest absolute Gasteiger partial charge is 0.246 e. The van der Waals surface area contributed by atoms with Crippen LogP contribution in [-0.2, 0) is 23.1 Å². The molecular formula is C26H19BrClF2N5O2S. The minimum absolute atomic E-state index is 0.128. The van der Waals surface area contributed by atoms with Crippen molar-refractivity contribution >= 4 is 49.0 Å². The average molecular weight is 619 g/mol. The fourth-order valence-electron chi connectivity index (χ4n) is 3.83. The van der Waals surface area contributed by atoms with E-state index in [1.54, 1.807) is 28.9 Å². The molecule has 0 amide bonds. The lowest BCUT2D eigenvalue weighted by Crippen LogP contribution is -2.25. The summed E-state index contributed by atoms with van der Waals surface area (Å²) in [6.07, 6.45) is 1.66. The van der Waals surface area contributed by atoms with Crippen LogP contribution in [0.5, 0.6) is 0 Å². The Morgan fingerprint density at radius 1 is 0.921 bits per heavy atom. The highest BCUT2D eigenvalue weighted by atomic mass is 79.9. The summed E-state index contributed by atoms with van der Waals surface area (Å²) in [5, 5.41) is 8.32. The van der Waals surface area contributed by atoms with Crippen LogP contribution in [0.15, 0.2) is 88.4 Å². The number of halogens is 4. The van der Waals surface area contributed by atoms with Crippen LogP contribution in [0.2, 0.25) is 5.02 Å². The standard InChI is InChI=1S/C26H19BrClF2N5O2S/c27-19-15-32-35-24(12-23(34-26(19)35)18-4-1-2-5-20(18)28)31-13-16-8-10-17(11-9-16)14-33-38(36,37)25-21(29)6-3-7-22(25)30/h1-12,15,31,33H,13-14H2. The second-order valence-corrected chi connectivity index (χ2v) is 11.2. The van der Waals surface area contributed by atoms with Gasteiger partial charge in [0.15, 0.2) is 10.5 Å². The molecular weight excluding hydrogens is 600 g/mol. The van der Waals surface area contributed by atoms with Crippen LogP contribution in [0.4, 0.5) is 14.6 Å². The maximum absolute atomic E-state index is 13.9. The van der Waals surface area contributed by atoms with Crippen LogP contribution < -0.4 is 10.0 Å². The van der Waals surface area contributed by atoms with Crippen LogP contribution >= 0.6 is 27.5 Å². The molecule has 7 nitrogen and oxygen atoms in total. The lowest BCUT2D eigenvalue weighted by Gasteiger charge is -2.12. The molecule has 0 saturated heterocycles. The molecule has 2 heterocycles. The molecule has 38 heavy (non-hydrogen) atoms. The Labute approximate surface area is 230 Å². The fourth-order valence-corrected chi connectivity index (χ4v) is 5.56. The third-order valence-electron chi connectivity index (χ3n) is 5.73. The number of nitrogens with zero attached hydrogens (tertiary/aromatic N) is 3. The number of benzene rings is 3. The number of nitrogens with one attached hydrogen (secondary N) is 2. The summed E-state index contributed by atoms with van der Waals surface area (Å²) in [4.78, 5) is 3.70. The molecule has 2 N–H and O–H groups in total. The Balaban J connectivity index is 1.31. The van der Waals surface area contributed by atoms with Gasteiger partial charge in [-0.05, 0) is 45.3 Å². The van der Waals surface area contributed by atoms with Crippen LogP contribution in [-0.4, -0.2) is 23.0 Å². The Morgan fingerprint density at radius 3 is 2.26 bits per heavy atom. The van der Waals surface area contributed by atoms with Crippen molar-refractivity contribution in [2.24, 2.45) is 0 Å². The first kappa shape index (κ1) is 26.2. The van der Waals surface area contributed by atoms with Crippen molar-refractivity contribution in [2.45, 2.75) is 18.0 Å². The van der Waals surface area contributed by atoms with Crippen LogP contribution in [0.3, 0.4) is 0 Å². The Bertz CT molecular complexity index is 1730. The summed E-state index contributed by atoms with van der Waals surface area (Å²) in [6, 6.07) is 19.3. The Kier molecular flexibility index (Phi) is 7.44. The zero-order chi connectivity index (χ0) is 26.9. The van der Waals surface area contributed by atoms with Gasteiger partial charge in [-0.1, -0.05) is 60.1 Å². The van der Waals surface area contributed by atoms with E-state index in [0.717, 1.165) is 33.8 Å². The topological polar surface area (TPSA) is 88.4 Å². The van der Waals surface area contributed by atoms with E-state index in [0.29, 0.717) is 34.3 Å². The molecule has 5 rings (SSSR count). The van der Waals surface area contributed by atoms with Gasteiger partial charge in [-0.25, -0.2) is 26.9 Å². The maximum atomic E-state index is 13.9. The molecule has 2 aromatic heterocycles.